The third-order valence-electron chi connectivity index (χ3n) is 2.97. The number of carboxylic acids is 1. The van der Waals surface area contributed by atoms with Crippen LogP contribution in [0, 0.1) is 5.92 Å². The van der Waals surface area contributed by atoms with Crippen LogP contribution in [-0.4, -0.2) is 23.5 Å². The Morgan fingerprint density at radius 1 is 1.67 bits per heavy atom. The monoisotopic (exact) mass is 208 g/mol. The van der Waals surface area contributed by atoms with Crippen LogP contribution in [-0.2, 0) is 14.3 Å². The number of hydrogen-bond acceptors (Lipinski definition) is 3. The summed E-state index contributed by atoms with van der Waals surface area (Å²) in [6.45, 7) is 2.30. The molecule has 4 heteroatoms. The second kappa shape index (κ2) is 3.53. The predicted molar refractivity (Wildman–Crippen MR) is 52.1 cm³/mol. The van der Waals surface area contributed by atoms with Gasteiger partial charge in [0.2, 0.25) is 0 Å². The molecular formula is C11H12O4. The minimum Gasteiger partial charge on any atom is -0.496 e. The van der Waals surface area contributed by atoms with Gasteiger partial charge in [-0.1, -0.05) is 5.57 Å². The number of carbonyl (C=O) groups is 2. The van der Waals surface area contributed by atoms with Crippen LogP contribution in [0.4, 0.5) is 0 Å². The van der Waals surface area contributed by atoms with E-state index in [0.29, 0.717) is 13.0 Å². The Hall–Kier alpha value is -1.58. The molecular weight excluding hydrogens is 196 g/mol. The number of Topliss-reactive ketones (excluding diaryl/α,β-unsaturated/α-hetero) is 1. The highest BCUT2D eigenvalue weighted by atomic mass is 16.5. The molecule has 0 amide bonds. The van der Waals surface area contributed by atoms with Crippen LogP contribution in [0.25, 0.3) is 0 Å². The van der Waals surface area contributed by atoms with Crippen molar-refractivity contribution in [1.29, 1.82) is 0 Å². The van der Waals surface area contributed by atoms with Gasteiger partial charge >= 0.3 is 5.97 Å². The van der Waals surface area contributed by atoms with E-state index in [4.69, 9.17) is 9.84 Å². The first-order valence-electron chi connectivity index (χ1n) is 4.84. The summed E-state index contributed by atoms with van der Waals surface area (Å²) in [6.07, 6.45) is 1.81. The Kier molecular flexibility index (Phi) is 2.34. The van der Waals surface area contributed by atoms with Gasteiger partial charge in [0.05, 0.1) is 12.7 Å². The number of carbonyl (C=O) groups excluding carboxylic acids is 1. The summed E-state index contributed by atoms with van der Waals surface area (Å²) in [5.74, 6) is -1.41. The van der Waals surface area contributed by atoms with Crippen LogP contribution in [0.3, 0.4) is 0 Å². The van der Waals surface area contributed by atoms with Crippen LogP contribution in [0.2, 0.25) is 0 Å². The molecule has 0 aromatic rings. The Balaban J connectivity index is 2.33. The zero-order chi connectivity index (χ0) is 11.0. The van der Waals surface area contributed by atoms with Gasteiger partial charge in [0.1, 0.15) is 12.4 Å². The Morgan fingerprint density at radius 2 is 2.40 bits per heavy atom. The highest BCUT2D eigenvalue weighted by molar-refractivity contribution is 5.92. The molecule has 0 bridgehead atoms. The summed E-state index contributed by atoms with van der Waals surface area (Å²) >= 11 is 0. The van der Waals surface area contributed by atoms with Gasteiger partial charge in [-0.3, -0.25) is 9.59 Å². The summed E-state index contributed by atoms with van der Waals surface area (Å²) in [5.41, 5.74) is 2.79. The standard InChI is InChI=1S/C11H12O4/c1-6-8(3-11(13)14)10(12)2-7-4-15-5-9(6)7/h4,8H,2-3,5H2,1H3,(H,13,14). The Morgan fingerprint density at radius 3 is 3.07 bits per heavy atom. The third-order valence-corrected chi connectivity index (χ3v) is 2.97. The lowest BCUT2D eigenvalue weighted by atomic mass is 9.79. The lowest BCUT2D eigenvalue weighted by Gasteiger charge is -2.22. The SMILES string of the molecule is CC1=C2COC=C2CC(=O)C1CC(=O)O. The molecule has 0 radical (unpaired) electrons. The molecule has 0 fully saturated rings. The first-order chi connectivity index (χ1) is 7.09. The number of aliphatic carboxylic acids is 1. The summed E-state index contributed by atoms with van der Waals surface area (Å²) in [7, 11) is 0. The van der Waals surface area contributed by atoms with E-state index in [-0.39, 0.29) is 12.2 Å². The maximum Gasteiger partial charge on any atom is 0.304 e. The van der Waals surface area contributed by atoms with E-state index >= 15 is 0 Å². The minimum atomic E-state index is -0.931. The minimum absolute atomic E-state index is 0.0181. The molecule has 0 aromatic carbocycles. The predicted octanol–water partition coefficient (Wildman–Crippen LogP) is 1.28. The lowest BCUT2D eigenvalue weighted by Crippen LogP contribution is -2.25. The van der Waals surface area contributed by atoms with E-state index in [1.807, 2.05) is 6.92 Å². The maximum atomic E-state index is 11.7. The van der Waals surface area contributed by atoms with E-state index < -0.39 is 11.9 Å². The molecule has 4 nitrogen and oxygen atoms in total. The molecule has 1 N–H and O–H groups in total. The fourth-order valence-electron chi connectivity index (χ4n) is 2.11. The molecule has 1 atom stereocenters. The van der Waals surface area contributed by atoms with Crippen LogP contribution in [0.15, 0.2) is 23.0 Å². The van der Waals surface area contributed by atoms with Crippen LogP contribution >= 0.6 is 0 Å². The molecule has 1 aliphatic heterocycles. The third kappa shape index (κ3) is 1.67. The van der Waals surface area contributed by atoms with Crippen molar-refractivity contribution in [2.45, 2.75) is 19.8 Å². The zero-order valence-corrected chi connectivity index (χ0v) is 8.45. The molecule has 1 heterocycles. The number of ketones is 1. The van der Waals surface area contributed by atoms with Gasteiger partial charge < -0.3 is 9.84 Å². The van der Waals surface area contributed by atoms with E-state index in [9.17, 15) is 9.59 Å². The van der Waals surface area contributed by atoms with Crippen LogP contribution in [0.1, 0.15) is 19.8 Å². The van der Waals surface area contributed by atoms with Crippen molar-refractivity contribution in [3.05, 3.63) is 23.0 Å². The molecule has 2 aliphatic rings. The molecule has 0 saturated heterocycles. The smallest absolute Gasteiger partial charge is 0.304 e. The maximum absolute atomic E-state index is 11.7. The summed E-state index contributed by atoms with van der Waals surface area (Å²) < 4.78 is 5.14. The highest BCUT2D eigenvalue weighted by Crippen LogP contribution is 2.36. The van der Waals surface area contributed by atoms with Crippen LogP contribution in [0.5, 0.6) is 0 Å². The highest BCUT2D eigenvalue weighted by Gasteiger charge is 2.33. The number of hydrogen-bond donors (Lipinski definition) is 1. The summed E-state index contributed by atoms with van der Waals surface area (Å²) in [6, 6.07) is 0. The number of fused-ring (bicyclic) bond motifs is 1. The first-order valence-corrected chi connectivity index (χ1v) is 4.84. The Bertz CT molecular complexity index is 389. The molecule has 15 heavy (non-hydrogen) atoms. The average Bonchev–Trinajstić information content (AvgIpc) is 2.59. The van der Waals surface area contributed by atoms with E-state index in [1.165, 1.54) is 0 Å². The van der Waals surface area contributed by atoms with Crippen molar-refractivity contribution >= 4 is 11.8 Å². The van der Waals surface area contributed by atoms with Crippen molar-refractivity contribution in [3.63, 3.8) is 0 Å². The number of allylic oxidation sites excluding steroid dienone is 1. The van der Waals surface area contributed by atoms with Gasteiger partial charge in [-0.2, -0.15) is 0 Å². The van der Waals surface area contributed by atoms with Gasteiger partial charge in [-0.05, 0) is 12.5 Å². The first kappa shape index (κ1) is 9.96. The van der Waals surface area contributed by atoms with Gasteiger partial charge in [-0.25, -0.2) is 0 Å². The van der Waals surface area contributed by atoms with E-state index in [0.717, 1.165) is 16.7 Å². The van der Waals surface area contributed by atoms with E-state index in [2.05, 4.69) is 0 Å². The molecule has 2 rings (SSSR count). The number of ether oxygens (including phenoxy) is 1. The molecule has 0 aromatic heterocycles. The zero-order valence-electron chi connectivity index (χ0n) is 8.45. The van der Waals surface area contributed by atoms with Gasteiger partial charge in [0.25, 0.3) is 0 Å². The normalized spacial score (nSPS) is 24.7. The topological polar surface area (TPSA) is 63.6 Å². The van der Waals surface area contributed by atoms with Crippen molar-refractivity contribution in [3.8, 4) is 0 Å². The molecule has 80 valence electrons. The number of carboxylic acid groups (broad SMARTS) is 1. The van der Waals surface area contributed by atoms with Gasteiger partial charge in [0.15, 0.2) is 0 Å². The quantitative estimate of drug-likeness (QED) is 0.742. The fraction of sp³-hybridized carbons (Fsp3) is 0.455. The van der Waals surface area contributed by atoms with Crippen LogP contribution < -0.4 is 0 Å². The molecule has 1 unspecified atom stereocenters. The van der Waals surface area contributed by atoms with Crippen molar-refractivity contribution in [2.75, 3.05) is 6.61 Å². The molecule has 0 spiro atoms. The fourth-order valence-corrected chi connectivity index (χ4v) is 2.11. The second-order valence-corrected chi connectivity index (χ2v) is 3.91. The van der Waals surface area contributed by atoms with E-state index in [1.54, 1.807) is 6.26 Å². The van der Waals surface area contributed by atoms with Crippen molar-refractivity contribution in [2.24, 2.45) is 5.92 Å². The summed E-state index contributed by atoms with van der Waals surface area (Å²) in [4.78, 5) is 22.3. The van der Waals surface area contributed by atoms with Crippen molar-refractivity contribution in [1.82, 2.24) is 0 Å². The molecule has 0 saturated carbocycles. The summed E-state index contributed by atoms with van der Waals surface area (Å²) in [5, 5.41) is 8.72. The van der Waals surface area contributed by atoms with Crippen molar-refractivity contribution < 1.29 is 19.4 Å². The Labute approximate surface area is 87.2 Å². The van der Waals surface area contributed by atoms with Gasteiger partial charge in [-0.15, -0.1) is 0 Å². The number of rotatable bonds is 2. The largest absolute Gasteiger partial charge is 0.496 e. The van der Waals surface area contributed by atoms with Gasteiger partial charge in [0, 0.05) is 17.9 Å². The second-order valence-electron chi connectivity index (χ2n) is 3.91. The average molecular weight is 208 g/mol. The molecule has 1 aliphatic carbocycles. The lowest BCUT2D eigenvalue weighted by molar-refractivity contribution is -0.140.